The Hall–Kier alpha value is -3.22. The molecule has 0 fully saturated rings. The van der Waals surface area contributed by atoms with Crippen LogP contribution in [0.15, 0.2) is 36.4 Å². The first-order valence-electron chi connectivity index (χ1n) is 6.94. The van der Waals surface area contributed by atoms with Gasteiger partial charge in [0, 0.05) is 28.6 Å². The number of carbonyl (C=O) groups is 2. The van der Waals surface area contributed by atoms with Gasteiger partial charge in [-0.05, 0) is 36.8 Å². The number of nitro benzene ring substituents is 1. The highest BCUT2D eigenvalue weighted by atomic mass is 16.6. The molecule has 0 radical (unpaired) electrons. The fourth-order valence-electron chi connectivity index (χ4n) is 2.57. The van der Waals surface area contributed by atoms with Crippen LogP contribution in [0, 0.1) is 17.0 Å². The van der Waals surface area contributed by atoms with Gasteiger partial charge < -0.3 is 10.6 Å². The van der Waals surface area contributed by atoms with Crippen molar-refractivity contribution in [3.63, 3.8) is 0 Å². The zero-order valence-electron chi connectivity index (χ0n) is 12.3. The highest BCUT2D eigenvalue weighted by Crippen LogP contribution is 2.27. The van der Waals surface area contributed by atoms with Crippen molar-refractivity contribution in [2.75, 3.05) is 10.6 Å². The summed E-state index contributed by atoms with van der Waals surface area (Å²) in [5, 5.41) is 16.4. The summed E-state index contributed by atoms with van der Waals surface area (Å²) in [4.78, 5) is 34.1. The van der Waals surface area contributed by atoms with Crippen LogP contribution in [0.1, 0.15) is 21.5 Å². The molecule has 0 spiro atoms. The van der Waals surface area contributed by atoms with E-state index in [1.807, 2.05) is 0 Å². The van der Waals surface area contributed by atoms with Gasteiger partial charge in [-0.15, -0.1) is 0 Å². The second-order valence-electron chi connectivity index (χ2n) is 5.26. The van der Waals surface area contributed by atoms with Crippen molar-refractivity contribution in [1.82, 2.24) is 0 Å². The van der Waals surface area contributed by atoms with Gasteiger partial charge in [0.2, 0.25) is 5.91 Å². The average molecular weight is 311 g/mol. The lowest BCUT2D eigenvalue weighted by Crippen LogP contribution is -2.14. The van der Waals surface area contributed by atoms with E-state index in [-0.39, 0.29) is 23.6 Å². The van der Waals surface area contributed by atoms with Crippen molar-refractivity contribution in [2.45, 2.75) is 13.3 Å². The number of hydrogen-bond acceptors (Lipinski definition) is 4. The standard InChI is InChI=1S/C16H13N3O4/c1-9-12(3-2-4-14(9)19(22)23)16(21)17-11-5-6-13-10(7-11)8-15(20)18-13/h2-7H,8H2,1H3,(H,17,21)(H,18,20). The van der Waals surface area contributed by atoms with Crippen LogP contribution in [0.5, 0.6) is 0 Å². The van der Waals surface area contributed by atoms with Crippen molar-refractivity contribution >= 4 is 28.9 Å². The maximum Gasteiger partial charge on any atom is 0.273 e. The third-order valence-corrected chi connectivity index (χ3v) is 3.73. The molecule has 1 heterocycles. The van der Waals surface area contributed by atoms with Gasteiger partial charge in [0.05, 0.1) is 11.3 Å². The molecule has 2 N–H and O–H groups in total. The molecule has 2 aromatic carbocycles. The summed E-state index contributed by atoms with van der Waals surface area (Å²) in [6, 6.07) is 9.49. The smallest absolute Gasteiger partial charge is 0.273 e. The Morgan fingerprint density at radius 1 is 1.30 bits per heavy atom. The number of hydrogen-bond donors (Lipinski definition) is 2. The lowest BCUT2D eigenvalue weighted by molar-refractivity contribution is -0.385. The van der Waals surface area contributed by atoms with E-state index in [9.17, 15) is 19.7 Å². The summed E-state index contributed by atoms with van der Waals surface area (Å²) in [6.45, 7) is 1.54. The van der Waals surface area contributed by atoms with Crippen molar-refractivity contribution in [3.8, 4) is 0 Å². The van der Waals surface area contributed by atoms with Gasteiger partial charge in [0.1, 0.15) is 0 Å². The average Bonchev–Trinajstić information content (AvgIpc) is 2.86. The molecule has 0 aliphatic carbocycles. The molecule has 3 rings (SSSR count). The van der Waals surface area contributed by atoms with Gasteiger partial charge in [-0.1, -0.05) is 6.07 Å². The first kappa shape index (κ1) is 14.7. The Morgan fingerprint density at radius 3 is 2.83 bits per heavy atom. The van der Waals surface area contributed by atoms with Crippen molar-refractivity contribution in [1.29, 1.82) is 0 Å². The Morgan fingerprint density at radius 2 is 2.09 bits per heavy atom. The molecule has 0 saturated carbocycles. The number of fused-ring (bicyclic) bond motifs is 1. The van der Waals surface area contributed by atoms with Crippen LogP contribution in [-0.4, -0.2) is 16.7 Å². The van der Waals surface area contributed by atoms with Crippen molar-refractivity contribution < 1.29 is 14.5 Å². The van der Waals surface area contributed by atoms with Crippen LogP contribution in [-0.2, 0) is 11.2 Å². The minimum absolute atomic E-state index is 0.0852. The van der Waals surface area contributed by atoms with E-state index in [0.717, 1.165) is 11.3 Å². The molecular formula is C16H13N3O4. The van der Waals surface area contributed by atoms with E-state index in [0.29, 0.717) is 11.3 Å². The van der Waals surface area contributed by atoms with Gasteiger partial charge in [-0.2, -0.15) is 0 Å². The molecule has 7 nitrogen and oxygen atoms in total. The fraction of sp³-hybridized carbons (Fsp3) is 0.125. The van der Waals surface area contributed by atoms with Crippen LogP contribution in [0.25, 0.3) is 0 Å². The van der Waals surface area contributed by atoms with Gasteiger partial charge in [0.25, 0.3) is 11.6 Å². The number of benzene rings is 2. The maximum absolute atomic E-state index is 12.4. The summed E-state index contributed by atoms with van der Waals surface area (Å²) < 4.78 is 0. The van der Waals surface area contributed by atoms with Crippen LogP contribution < -0.4 is 10.6 Å². The Bertz CT molecular complexity index is 845. The molecule has 7 heteroatoms. The van der Waals surface area contributed by atoms with Crippen LogP contribution in [0.3, 0.4) is 0 Å². The second-order valence-corrected chi connectivity index (χ2v) is 5.26. The Labute approximate surface area is 131 Å². The summed E-state index contributed by atoms with van der Waals surface area (Å²) >= 11 is 0. The highest BCUT2D eigenvalue weighted by molar-refractivity contribution is 6.06. The monoisotopic (exact) mass is 311 g/mol. The van der Waals surface area contributed by atoms with Crippen LogP contribution in [0.4, 0.5) is 17.1 Å². The molecule has 1 aliphatic heterocycles. The molecule has 0 atom stereocenters. The predicted molar refractivity (Wildman–Crippen MR) is 84.6 cm³/mol. The summed E-state index contributed by atoms with van der Waals surface area (Å²) in [5.41, 5.74) is 2.54. The summed E-state index contributed by atoms with van der Waals surface area (Å²) in [5.74, 6) is -0.513. The van der Waals surface area contributed by atoms with E-state index in [1.165, 1.54) is 18.2 Å². The molecular weight excluding hydrogens is 298 g/mol. The molecule has 0 saturated heterocycles. The minimum Gasteiger partial charge on any atom is -0.326 e. The SMILES string of the molecule is Cc1c(C(=O)Nc2ccc3c(c2)CC(=O)N3)cccc1[N+](=O)[O-]. The normalized spacial score (nSPS) is 12.5. The lowest BCUT2D eigenvalue weighted by atomic mass is 10.1. The molecule has 0 bridgehead atoms. The third kappa shape index (κ3) is 2.76. The quantitative estimate of drug-likeness (QED) is 0.672. The molecule has 116 valence electrons. The predicted octanol–water partition coefficient (Wildman–Crippen LogP) is 2.65. The molecule has 0 aromatic heterocycles. The first-order chi connectivity index (χ1) is 11.0. The summed E-state index contributed by atoms with van der Waals surface area (Å²) in [6.07, 6.45) is 0.273. The zero-order valence-corrected chi connectivity index (χ0v) is 12.3. The third-order valence-electron chi connectivity index (χ3n) is 3.73. The number of nitro groups is 1. The zero-order chi connectivity index (χ0) is 16.6. The minimum atomic E-state index is -0.515. The molecule has 23 heavy (non-hydrogen) atoms. The van der Waals surface area contributed by atoms with Gasteiger partial charge in [-0.3, -0.25) is 19.7 Å². The van der Waals surface area contributed by atoms with Gasteiger partial charge in [0.15, 0.2) is 0 Å². The highest BCUT2D eigenvalue weighted by Gasteiger charge is 2.20. The van der Waals surface area contributed by atoms with E-state index in [4.69, 9.17) is 0 Å². The molecule has 2 amide bonds. The van der Waals surface area contributed by atoms with Crippen LogP contribution >= 0.6 is 0 Å². The van der Waals surface area contributed by atoms with Gasteiger partial charge >= 0.3 is 0 Å². The first-order valence-corrected chi connectivity index (χ1v) is 6.94. The number of nitrogens with one attached hydrogen (secondary N) is 2. The van der Waals surface area contributed by atoms with E-state index in [2.05, 4.69) is 10.6 Å². The Kier molecular flexibility index (Phi) is 3.53. The molecule has 1 aliphatic rings. The fourth-order valence-corrected chi connectivity index (χ4v) is 2.57. The molecule has 0 unspecified atom stereocenters. The maximum atomic E-state index is 12.4. The van der Waals surface area contributed by atoms with Crippen molar-refractivity contribution in [2.24, 2.45) is 0 Å². The second kappa shape index (κ2) is 5.53. The Balaban J connectivity index is 1.86. The number of anilines is 2. The topological polar surface area (TPSA) is 101 Å². The van der Waals surface area contributed by atoms with Crippen molar-refractivity contribution in [3.05, 3.63) is 63.2 Å². The van der Waals surface area contributed by atoms with Gasteiger partial charge in [-0.25, -0.2) is 0 Å². The molecule has 2 aromatic rings. The number of rotatable bonds is 3. The van der Waals surface area contributed by atoms with Crippen LogP contribution in [0.2, 0.25) is 0 Å². The lowest BCUT2D eigenvalue weighted by Gasteiger charge is -2.09. The van der Waals surface area contributed by atoms with E-state index in [1.54, 1.807) is 25.1 Å². The number of nitrogens with zero attached hydrogens (tertiary/aromatic N) is 1. The number of carbonyl (C=O) groups excluding carboxylic acids is 2. The number of amides is 2. The largest absolute Gasteiger partial charge is 0.326 e. The summed E-state index contributed by atoms with van der Waals surface area (Å²) in [7, 11) is 0. The van der Waals surface area contributed by atoms with E-state index >= 15 is 0 Å². The van der Waals surface area contributed by atoms with E-state index < -0.39 is 10.8 Å².